The van der Waals surface area contributed by atoms with Crippen molar-refractivity contribution < 1.29 is 36.2 Å². The first-order chi connectivity index (χ1) is 18.7. The van der Waals surface area contributed by atoms with Crippen LogP contribution in [0.25, 0.3) is 11.1 Å². The molecule has 1 heterocycles. The minimum atomic E-state index is -3.32. The molecule has 1 aliphatic carbocycles. The summed E-state index contributed by atoms with van der Waals surface area (Å²) in [6.07, 6.45) is 1.29. The van der Waals surface area contributed by atoms with Gasteiger partial charge in [-0.3, -0.25) is 0 Å². The molecule has 5 rings (SSSR count). The molecule has 0 N–H and O–H groups in total. The van der Waals surface area contributed by atoms with Crippen LogP contribution in [0.2, 0.25) is 0 Å². The lowest BCUT2D eigenvalue weighted by atomic mass is 9.79. The van der Waals surface area contributed by atoms with Gasteiger partial charge >= 0.3 is 6.11 Å². The van der Waals surface area contributed by atoms with E-state index in [0.717, 1.165) is 25.7 Å². The van der Waals surface area contributed by atoms with Crippen molar-refractivity contribution in [1.29, 1.82) is 0 Å². The molecule has 3 aromatic rings. The average molecular weight is 547 g/mol. The standard InChI is InChI=1S/C31H31F5O3/c1-3-5-18-6-11-22(12-7-18)31(35,36)39-23-13-8-19(9-14-23)24-17-21-16-20-10-15-25(37-4-2)27(33)29(20)38-30(21)28(34)26(24)32/h8-10,13-15,17-18,22H,3-7,11-12,16H2,1-2H3. The highest BCUT2D eigenvalue weighted by Gasteiger charge is 2.43. The zero-order valence-corrected chi connectivity index (χ0v) is 22.0. The van der Waals surface area contributed by atoms with Crippen LogP contribution in [0, 0.1) is 29.3 Å². The first kappa shape index (κ1) is 27.3. The van der Waals surface area contributed by atoms with E-state index in [2.05, 4.69) is 6.92 Å². The van der Waals surface area contributed by atoms with E-state index >= 15 is 8.78 Å². The number of benzene rings is 3. The number of rotatable bonds is 8. The van der Waals surface area contributed by atoms with Crippen molar-refractivity contribution in [2.24, 2.45) is 11.8 Å². The molecule has 2 aliphatic rings. The Balaban J connectivity index is 1.34. The fraction of sp³-hybridized carbons (Fsp3) is 0.419. The highest BCUT2D eigenvalue weighted by Crippen LogP contribution is 2.45. The summed E-state index contributed by atoms with van der Waals surface area (Å²) in [4.78, 5) is 0. The Morgan fingerprint density at radius 2 is 1.54 bits per heavy atom. The summed E-state index contributed by atoms with van der Waals surface area (Å²) in [5, 5.41) is 0. The molecule has 1 saturated carbocycles. The number of fused-ring (bicyclic) bond motifs is 2. The molecule has 8 heteroatoms. The second-order valence-corrected chi connectivity index (χ2v) is 10.3. The van der Waals surface area contributed by atoms with Gasteiger partial charge < -0.3 is 14.2 Å². The van der Waals surface area contributed by atoms with Crippen molar-refractivity contribution >= 4 is 0 Å². The fourth-order valence-electron chi connectivity index (χ4n) is 5.65. The van der Waals surface area contributed by atoms with Crippen LogP contribution in [-0.4, -0.2) is 12.7 Å². The Kier molecular flexibility index (Phi) is 7.74. The quantitative estimate of drug-likeness (QED) is 0.206. The van der Waals surface area contributed by atoms with Crippen molar-refractivity contribution in [3.63, 3.8) is 0 Å². The predicted octanol–water partition coefficient (Wildman–Crippen LogP) is 9.44. The van der Waals surface area contributed by atoms with Gasteiger partial charge in [-0.15, -0.1) is 0 Å². The molecule has 3 aromatic carbocycles. The van der Waals surface area contributed by atoms with Crippen molar-refractivity contribution in [3.8, 4) is 34.1 Å². The molecule has 1 aliphatic heterocycles. The third-order valence-corrected chi connectivity index (χ3v) is 7.71. The van der Waals surface area contributed by atoms with Crippen LogP contribution < -0.4 is 14.2 Å². The predicted molar refractivity (Wildman–Crippen MR) is 138 cm³/mol. The third kappa shape index (κ3) is 5.43. The highest BCUT2D eigenvalue weighted by atomic mass is 19.3. The molecule has 0 radical (unpaired) electrons. The molecular formula is C31H31F5O3. The van der Waals surface area contributed by atoms with Gasteiger partial charge in [0.05, 0.1) is 12.5 Å². The summed E-state index contributed by atoms with van der Waals surface area (Å²) >= 11 is 0. The van der Waals surface area contributed by atoms with Crippen LogP contribution in [0.4, 0.5) is 22.0 Å². The zero-order chi connectivity index (χ0) is 27.7. The highest BCUT2D eigenvalue weighted by molar-refractivity contribution is 5.69. The van der Waals surface area contributed by atoms with Gasteiger partial charge in [0.15, 0.2) is 23.1 Å². The van der Waals surface area contributed by atoms with Gasteiger partial charge in [-0.1, -0.05) is 38.0 Å². The van der Waals surface area contributed by atoms with Gasteiger partial charge in [0.25, 0.3) is 0 Å². The monoisotopic (exact) mass is 546 g/mol. The lowest BCUT2D eigenvalue weighted by Gasteiger charge is -2.33. The molecule has 0 unspecified atom stereocenters. The summed E-state index contributed by atoms with van der Waals surface area (Å²) in [6.45, 7) is 4.04. The molecule has 0 saturated heterocycles. The van der Waals surface area contributed by atoms with E-state index < -0.39 is 29.5 Å². The van der Waals surface area contributed by atoms with E-state index in [1.165, 1.54) is 36.4 Å². The molecule has 208 valence electrons. The van der Waals surface area contributed by atoms with Crippen molar-refractivity contribution in [3.05, 3.63) is 71.0 Å². The molecule has 0 aromatic heterocycles. The Hall–Kier alpha value is -3.29. The van der Waals surface area contributed by atoms with E-state index in [4.69, 9.17) is 14.2 Å². The SMILES string of the molecule is CCCC1CCC(C(F)(F)Oc2ccc(-c3cc4c(c(F)c3F)Oc3c(ccc(OCC)c3F)C4)cc2)CC1. The maximum absolute atomic E-state index is 15.1. The summed E-state index contributed by atoms with van der Waals surface area (Å²) in [7, 11) is 0. The van der Waals surface area contributed by atoms with Gasteiger partial charge in [-0.25, -0.2) is 4.39 Å². The van der Waals surface area contributed by atoms with Crippen molar-refractivity contribution in [2.45, 2.75) is 64.9 Å². The first-order valence-electron chi connectivity index (χ1n) is 13.5. The van der Waals surface area contributed by atoms with E-state index in [-0.39, 0.29) is 47.2 Å². The van der Waals surface area contributed by atoms with Crippen LogP contribution in [0.3, 0.4) is 0 Å². The largest absolute Gasteiger partial charge is 0.491 e. The van der Waals surface area contributed by atoms with Crippen molar-refractivity contribution in [1.82, 2.24) is 0 Å². The van der Waals surface area contributed by atoms with E-state index in [1.807, 2.05) is 0 Å². The van der Waals surface area contributed by atoms with Gasteiger partial charge in [-0.2, -0.15) is 17.6 Å². The second-order valence-electron chi connectivity index (χ2n) is 10.3. The Morgan fingerprint density at radius 1 is 0.846 bits per heavy atom. The third-order valence-electron chi connectivity index (χ3n) is 7.71. The molecule has 0 atom stereocenters. The zero-order valence-electron chi connectivity index (χ0n) is 22.0. The maximum Gasteiger partial charge on any atom is 0.400 e. The molecular weight excluding hydrogens is 515 g/mol. The number of ether oxygens (including phenoxy) is 3. The van der Waals surface area contributed by atoms with Crippen LogP contribution >= 0.6 is 0 Å². The topological polar surface area (TPSA) is 27.7 Å². The Morgan fingerprint density at radius 3 is 2.21 bits per heavy atom. The van der Waals surface area contributed by atoms with Crippen molar-refractivity contribution in [2.75, 3.05) is 6.61 Å². The van der Waals surface area contributed by atoms with Gasteiger partial charge in [0.1, 0.15) is 5.75 Å². The molecule has 1 fully saturated rings. The molecule has 0 amide bonds. The number of alkyl halides is 2. The van der Waals surface area contributed by atoms with Crippen LogP contribution in [0.15, 0.2) is 42.5 Å². The Bertz CT molecular complexity index is 1330. The minimum absolute atomic E-state index is 0.0331. The molecule has 3 nitrogen and oxygen atoms in total. The van der Waals surface area contributed by atoms with Crippen LogP contribution in [0.5, 0.6) is 23.0 Å². The van der Waals surface area contributed by atoms with Gasteiger partial charge in [0, 0.05) is 23.1 Å². The van der Waals surface area contributed by atoms with E-state index in [9.17, 15) is 13.2 Å². The number of hydrogen-bond donors (Lipinski definition) is 0. The van der Waals surface area contributed by atoms with Gasteiger partial charge in [-0.05, 0) is 68.4 Å². The summed E-state index contributed by atoms with van der Waals surface area (Å²) in [5.74, 6) is -4.21. The molecule has 0 spiro atoms. The lowest BCUT2D eigenvalue weighted by molar-refractivity contribution is -0.223. The lowest BCUT2D eigenvalue weighted by Crippen LogP contribution is -2.37. The average Bonchev–Trinajstić information content (AvgIpc) is 2.93. The Labute approximate surface area is 224 Å². The maximum atomic E-state index is 15.1. The van der Waals surface area contributed by atoms with Crippen LogP contribution in [-0.2, 0) is 6.42 Å². The fourth-order valence-corrected chi connectivity index (χ4v) is 5.65. The van der Waals surface area contributed by atoms with Gasteiger partial charge in [0.2, 0.25) is 11.6 Å². The summed E-state index contributed by atoms with van der Waals surface area (Å²) < 4.78 is 90.6. The van der Waals surface area contributed by atoms with E-state index in [1.54, 1.807) is 13.0 Å². The van der Waals surface area contributed by atoms with Crippen LogP contribution in [0.1, 0.15) is 63.5 Å². The number of halogens is 5. The smallest absolute Gasteiger partial charge is 0.400 e. The normalized spacial score (nSPS) is 18.6. The molecule has 0 bridgehead atoms. The van der Waals surface area contributed by atoms with E-state index in [0.29, 0.717) is 29.9 Å². The first-order valence-corrected chi connectivity index (χ1v) is 13.5. The molecule has 39 heavy (non-hydrogen) atoms. The number of hydrogen-bond acceptors (Lipinski definition) is 3. The summed E-state index contributed by atoms with van der Waals surface area (Å²) in [5.41, 5.74) is 1.03. The minimum Gasteiger partial charge on any atom is -0.491 e. The second kappa shape index (κ2) is 11.1. The summed E-state index contributed by atoms with van der Waals surface area (Å²) in [6, 6.07) is 10.0.